The summed E-state index contributed by atoms with van der Waals surface area (Å²) in [5.41, 5.74) is 0.689. The van der Waals surface area contributed by atoms with E-state index >= 15 is 0 Å². The first-order valence-corrected chi connectivity index (χ1v) is 6.77. The van der Waals surface area contributed by atoms with Crippen LogP contribution in [0.15, 0.2) is 11.6 Å². The minimum atomic E-state index is -0.754. The number of amides is 2. The van der Waals surface area contributed by atoms with E-state index < -0.39 is 5.54 Å². The number of nitrogens with zero attached hydrogens (tertiary/aromatic N) is 1. The summed E-state index contributed by atoms with van der Waals surface area (Å²) in [6.45, 7) is 4.40. The highest BCUT2D eigenvalue weighted by molar-refractivity contribution is 5.97. The number of carbonyl (C=O) groups excluding carboxylic acids is 2. The Kier molecular flexibility index (Phi) is 3.73. The maximum Gasteiger partial charge on any atom is 0.248 e. The summed E-state index contributed by atoms with van der Waals surface area (Å²) in [4.78, 5) is 25.4. The highest BCUT2D eigenvalue weighted by atomic mass is 16.2. The van der Waals surface area contributed by atoms with Crippen LogP contribution in [-0.2, 0) is 9.59 Å². The van der Waals surface area contributed by atoms with Gasteiger partial charge in [-0.1, -0.05) is 11.6 Å². The predicted octanol–water partition coefficient (Wildman–Crippen LogP) is 1.61. The van der Waals surface area contributed by atoms with Gasteiger partial charge in [0, 0.05) is 6.54 Å². The van der Waals surface area contributed by atoms with Gasteiger partial charge in [-0.15, -0.1) is 0 Å². The molecular weight excluding hydrogens is 228 g/mol. The zero-order valence-electron chi connectivity index (χ0n) is 11.3. The monoisotopic (exact) mass is 250 g/mol. The maximum atomic E-state index is 12.2. The third kappa shape index (κ3) is 2.92. The van der Waals surface area contributed by atoms with Gasteiger partial charge in [-0.25, -0.2) is 0 Å². The van der Waals surface area contributed by atoms with E-state index in [4.69, 9.17) is 0 Å². The summed E-state index contributed by atoms with van der Waals surface area (Å²) < 4.78 is 0. The Hall–Kier alpha value is -1.32. The van der Waals surface area contributed by atoms with E-state index in [2.05, 4.69) is 11.4 Å². The van der Waals surface area contributed by atoms with Gasteiger partial charge < -0.3 is 10.2 Å². The Morgan fingerprint density at radius 1 is 1.33 bits per heavy atom. The van der Waals surface area contributed by atoms with Crippen LogP contribution >= 0.6 is 0 Å². The van der Waals surface area contributed by atoms with E-state index in [-0.39, 0.29) is 18.4 Å². The number of allylic oxidation sites excluding steroid dienone is 1. The molecule has 4 heteroatoms. The number of hydrogen-bond acceptors (Lipinski definition) is 2. The summed E-state index contributed by atoms with van der Waals surface area (Å²) in [7, 11) is 0. The van der Waals surface area contributed by atoms with E-state index in [0.29, 0.717) is 6.54 Å². The normalized spacial score (nSPS) is 23.7. The van der Waals surface area contributed by atoms with Crippen molar-refractivity contribution in [3.8, 4) is 0 Å². The lowest BCUT2D eigenvalue weighted by atomic mass is 9.96. The van der Waals surface area contributed by atoms with Crippen molar-refractivity contribution >= 4 is 11.8 Å². The van der Waals surface area contributed by atoms with Gasteiger partial charge in [-0.3, -0.25) is 9.59 Å². The number of carbonyl (C=O) groups is 2. The minimum absolute atomic E-state index is 0.0264. The Morgan fingerprint density at radius 3 is 2.78 bits per heavy atom. The second kappa shape index (κ2) is 5.12. The van der Waals surface area contributed by atoms with Crippen LogP contribution < -0.4 is 5.32 Å². The maximum absolute atomic E-state index is 12.2. The van der Waals surface area contributed by atoms with Gasteiger partial charge in [0.1, 0.15) is 5.54 Å². The van der Waals surface area contributed by atoms with E-state index in [1.807, 2.05) is 0 Å². The molecule has 1 N–H and O–H groups in total. The molecule has 2 rings (SSSR count). The van der Waals surface area contributed by atoms with Gasteiger partial charge in [-0.05, 0) is 46.0 Å². The molecule has 18 heavy (non-hydrogen) atoms. The van der Waals surface area contributed by atoms with E-state index in [1.54, 1.807) is 18.7 Å². The first kappa shape index (κ1) is 13.1. The third-order valence-corrected chi connectivity index (χ3v) is 3.70. The Bertz CT molecular complexity index is 385. The molecule has 0 aromatic heterocycles. The van der Waals surface area contributed by atoms with Gasteiger partial charge in [0.15, 0.2) is 0 Å². The van der Waals surface area contributed by atoms with E-state index in [1.165, 1.54) is 18.4 Å². The van der Waals surface area contributed by atoms with Crippen molar-refractivity contribution in [3.63, 3.8) is 0 Å². The fraction of sp³-hybridized carbons (Fsp3) is 0.714. The SMILES string of the molecule is CC1(C)NC(=O)CN(CCC2=CCCCC2)C1=O. The van der Waals surface area contributed by atoms with Crippen LogP contribution in [0, 0.1) is 0 Å². The molecule has 0 aromatic rings. The third-order valence-electron chi connectivity index (χ3n) is 3.70. The van der Waals surface area contributed by atoms with Gasteiger partial charge in [-0.2, -0.15) is 0 Å². The van der Waals surface area contributed by atoms with Crippen LogP contribution in [0.3, 0.4) is 0 Å². The molecule has 2 aliphatic rings. The van der Waals surface area contributed by atoms with Gasteiger partial charge in [0.25, 0.3) is 0 Å². The lowest BCUT2D eigenvalue weighted by molar-refractivity contribution is -0.148. The quantitative estimate of drug-likeness (QED) is 0.774. The van der Waals surface area contributed by atoms with Crippen molar-refractivity contribution < 1.29 is 9.59 Å². The van der Waals surface area contributed by atoms with E-state index in [9.17, 15) is 9.59 Å². The Balaban J connectivity index is 1.93. The first-order chi connectivity index (χ1) is 8.49. The number of nitrogens with one attached hydrogen (secondary N) is 1. The van der Waals surface area contributed by atoms with Crippen LogP contribution in [0.5, 0.6) is 0 Å². The van der Waals surface area contributed by atoms with Crippen LogP contribution in [-0.4, -0.2) is 35.3 Å². The zero-order valence-corrected chi connectivity index (χ0v) is 11.3. The molecule has 1 saturated heterocycles. The summed E-state index contributed by atoms with van der Waals surface area (Å²) in [5.74, 6) is -0.0317. The molecule has 0 radical (unpaired) electrons. The van der Waals surface area contributed by atoms with Gasteiger partial charge in [0.2, 0.25) is 11.8 Å². The summed E-state index contributed by atoms with van der Waals surface area (Å²) >= 11 is 0. The zero-order chi connectivity index (χ0) is 13.2. The summed E-state index contributed by atoms with van der Waals surface area (Å²) in [5, 5.41) is 2.73. The molecule has 0 bridgehead atoms. The molecule has 0 atom stereocenters. The smallest absolute Gasteiger partial charge is 0.248 e. The van der Waals surface area contributed by atoms with Crippen LogP contribution in [0.2, 0.25) is 0 Å². The fourth-order valence-corrected chi connectivity index (χ4v) is 2.67. The molecular formula is C14H22N2O2. The summed E-state index contributed by atoms with van der Waals surface area (Å²) in [6, 6.07) is 0. The average Bonchev–Trinajstić information content (AvgIpc) is 2.33. The second-order valence-corrected chi connectivity index (χ2v) is 5.76. The molecule has 0 spiro atoms. The minimum Gasteiger partial charge on any atom is -0.341 e. The molecule has 1 heterocycles. The molecule has 0 unspecified atom stereocenters. The van der Waals surface area contributed by atoms with Gasteiger partial charge >= 0.3 is 0 Å². The summed E-state index contributed by atoms with van der Waals surface area (Å²) in [6.07, 6.45) is 8.05. The molecule has 100 valence electrons. The highest BCUT2D eigenvalue weighted by Gasteiger charge is 2.38. The average molecular weight is 250 g/mol. The Morgan fingerprint density at radius 2 is 2.11 bits per heavy atom. The molecule has 1 aliphatic carbocycles. The second-order valence-electron chi connectivity index (χ2n) is 5.76. The molecule has 0 saturated carbocycles. The largest absolute Gasteiger partial charge is 0.341 e. The Labute approximate surface area is 108 Å². The van der Waals surface area contributed by atoms with Crippen LogP contribution in [0.4, 0.5) is 0 Å². The lowest BCUT2D eigenvalue weighted by Gasteiger charge is -2.37. The number of rotatable bonds is 3. The fourth-order valence-electron chi connectivity index (χ4n) is 2.67. The standard InChI is InChI=1S/C14H22N2O2/c1-14(2)13(18)16(10-12(17)15-14)9-8-11-6-4-3-5-7-11/h6H,3-5,7-10H2,1-2H3,(H,15,17). The van der Waals surface area contributed by atoms with Crippen molar-refractivity contribution in [2.24, 2.45) is 0 Å². The predicted molar refractivity (Wildman–Crippen MR) is 70.0 cm³/mol. The topological polar surface area (TPSA) is 49.4 Å². The van der Waals surface area contributed by atoms with Crippen molar-refractivity contribution in [3.05, 3.63) is 11.6 Å². The van der Waals surface area contributed by atoms with Crippen LogP contribution in [0.1, 0.15) is 46.0 Å². The molecule has 2 amide bonds. The molecule has 0 aromatic carbocycles. The lowest BCUT2D eigenvalue weighted by Crippen LogP contribution is -2.63. The molecule has 1 aliphatic heterocycles. The van der Waals surface area contributed by atoms with Gasteiger partial charge in [0.05, 0.1) is 6.54 Å². The molecule has 1 fully saturated rings. The van der Waals surface area contributed by atoms with Crippen molar-refractivity contribution in [1.29, 1.82) is 0 Å². The number of piperazine rings is 1. The van der Waals surface area contributed by atoms with Crippen LogP contribution in [0.25, 0.3) is 0 Å². The van der Waals surface area contributed by atoms with Crippen molar-refractivity contribution in [2.75, 3.05) is 13.1 Å². The highest BCUT2D eigenvalue weighted by Crippen LogP contribution is 2.21. The van der Waals surface area contributed by atoms with Crippen molar-refractivity contribution in [2.45, 2.75) is 51.5 Å². The van der Waals surface area contributed by atoms with Crippen molar-refractivity contribution in [1.82, 2.24) is 10.2 Å². The first-order valence-electron chi connectivity index (χ1n) is 6.77. The van der Waals surface area contributed by atoms with E-state index in [0.717, 1.165) is 19.3 Å². The number of hydrogen-bond donors (Lipinski definition) is 1. The molecule has 4 nitrogen and oxygen atoms in total.